The van der Waals surface area contributed by atoms with E-state index in [2.05, 4.69) is 24.8 Å². The fraction of sp³-hybridized carbons (Fsp3) is 0.467. The van der Waals surface area contributed by atoms with Gasteiger partial charge in [0.15, 0.2) is 5.69 Å². The second-order valence-electron chi connectivity index (χ2n) is 5.53. The maximum absolute atomic E-state index is 13.0. The number of aromatic nitrogens is 4. The third-order valence-electron chi connectivity index (χ3n) is 3.84. The maximum atomic E-state index is 13.0. The molecule has 1 fully saturated rings. The number of anilines is 2. The van der Waals surface area contributed by atoms with Gasteiger partial charge in [0.1, 0.15) is 11.6 Å². The van der Waals surface area contributed by atoms with Crippen molar-refractivity contribution in [1.29, 1.82) is 0 Å². The van der Waals surface area contributed by atoms with Crippen LogP contribution in [-0.2, 0) is 6.18 Å². The summed E-state index contributed by atoms with van der Waals surface area (Å²) in [6.45, 7) is 3.96. The van der Waals surface area contributed by atoms with Crippen LogP contribution < -0.4 is 14.5 Å². The van der Waals surface area contributed by atoms with Crippen LogP contribution in [-0.4, -0.2) is 53.2 Å². The van der Waals surface area contributed by atoms with Crippen LogP contribution in [0.25, 0.3) is 0 Å². The minimum Gasteiger partial charge on any atom is -0.481 e. The number of aryl methyl sites for hydroxylation is 1. The van der Waals surface area contributed by atoms with E-state index in [-0.39, 0.29) is 11.8 Å². The van der Waals surface area contributed by atoms with Gasteiger partial charge in [-0.05, 0) is 13.0 Å². The molecular weight excluding hydrogens is 337 g/mol. The van der Waals surface area contributed by atoms with E-state index >= 15 is 0 Å². The summed E-state index contributed by atoms with van der Waals surface area (Å²) in [4.78, 5) is 19.9. The fourth-order valence-corrected chi connectivity index (χ4v) is 2.56. The topological polar surface area (TPSA) is 67.3 Å². The van der Waals surface area contributed by atoms with E-state index in [9.17, 15) is 13.2 Å². The van der Waals surface area contributed by atoms with Crippen molar-refractivity contribution in [1.82, 2.24) is 19.9 Å². The Kier molecular flexibility index (Phi) is 4.60. The van der Waals surface area contributed by atoms with Crippen LogP contribution in [0.5, 0.6) is 5.88 Å². The van der Waals surface area contributed by atoms with Crippen LogP contribution in [0, 0.1) is 6.92 Å². The Balaban J connectivity index is 1.76. The van der Waals surface area contributed by atoms with Gasteiger partial charge in [-0.1, -0.05) is 0 Å². The molecular formula is C15H17F3N6O. The van der Waals surface area contributed by atoms with Gasteiger partial charge in [0, 0.05) is 38.4 Å². The molecule has 0 radical (unpaired) electrons. The lowest BCUT2D eigenvalue weighted by Crippen LogP contribution is -2.47. The lowest BCUT2D eigenvalue weighted by molar-refractivity contribution is -0.141. The van der Waals surface area contributed by atoms with Crippen LogP contribution in [0.1, 0.15) is 11.5 Å². The average molecular weight is 354 g/mol. The fourth-order valence-electron chi connectivity index (χ4n) is 2.56. The van der Waals surface area contributed by atoms with Crippen LogP contribution >= 0.6 is 0 Å². The van der Waals surface area contributed by atoms with Gasteiger partial charge in [-0.15, -0.1) is 0 Å². The third kappa shape index (κ3) is 3.89. The summed E-state index contributed by atoms with van der Waals surface area (Å²) < 4.78 is 43.8. The van der Waals surface area contributed by atoms with E-state index in [0.717, 1.165) is 11.9 Å². The van der Waals surface area contributed by atoms with E-state index in [1.54, 1.807) is 11.1 Å². The first-order valence-corrected chi connectivity index (χ1v) is 7.66. The predicted octanol–water partition coefficient (Wildman–Crippen LogP) is 1.93. The van der Waals surface area contributed by atoms with E-state index in [1.165, 1.54) is 7.11 Å². The molecule has 2 aromatic heterocycles. The molecule has 1 saturated heterocycles. The Bertz CT molecular complexity index is 746. The molecule has 0 aliphatic carbocycles. The summed E-state index contributed by atoms with van der Waals surface area (Å²) in [6.07, 6.45) is -2.86. The number of methoxy groups -OCH3 is 1. The molecule has 1 aliphatic heterocycles. The van der Waals surface area contributed by atoms with Crippen molar-refractivity contribution in [2.75, 3.05) is 43.1 Å². The number of alkyl halides is 3. The quantitative estimate of drug-likeness (QED) is 0.834. The lowest BCUT2D eigenvalue weighted by atomic mass is 10.3. The molecule has 0 atom stereocenters. The van der Waals surface area contributed by atoms with Crippen LogP contribution in [0.4, 0.5) is 24.9 Å². The van der Waals surface area contributed by atoms with Crippen molar-refractivity contribution >= 4 is 11.8 Å². The minimum absolute atomic E-state index is 0.0187. The zero-order valence-corrected chi connectivity index (χ0v) is 13.8. The normalized spacial score (nSPS) is 15.4. The van der Waals surface area contributed by atoms with Gasteiger partial charge in [0.25, 0.3) is 0 Å². The lowest BCUT2D eigenvalue weighted by Gasteiger charge is -2.35. The third-order valence-corrected chi connectivity index (χ3v) is 3.84. The van der Waals surface area contributed by atoms with Crippen molar-refractivity contribution in [2.45, 2.75) is 13.1 Å². The van der Waals surface area contributed by atoms with Gasteiger partial charge in [-0.25, -0.2) is 15.0 Å². The van der Waals surface area contributed by atoms with Crippen molar-refractivity contribution in [3.05, 3.63) is 29.8 Å². The second kappa shape index (κ2) is 6.69. The van der Waals surface area contributed by atoms with Gasteiger partial charge < -0.3 is 14.5 Å². The molecule has 25 heavy (non-hydrogen) atoms. The number of hydrogen-bond acceptors (Lipinski definition) is 7. The number of piperazine rings is 1. The summed E-state index contributed by atoms with van der Waals surface area (Å²) in [5, 5.41) is 0. The average Bonchev–Trinajstić information content (AvgIpc) is 2.60. The van der Waals surface area contributed by atoms with Crippen molar-refractivity contribution in [2.24, 2.45) is 0 Å². The Morgan fingerprint density at radius 1 is 1.04 bits per heavy atom. The molecule has 0 amide bonds. The highest BCUT2D eigenvalue weighted by Gasteiger charge is 2.35. The standard InChI is InChI=1S/C15H17F3N6O/c1-10-19-4-3-12(20-10)23-5-7-24(8-6-23)14-21-11(15(16,17)18)9-13(22-14)25-2/h3-4,9H,5-8H2,1-2H3. The highest BCUT2D eigenvalue weighted by Crippen LogP contribution is 2.31. The van der Waals surface area contributed by atoms with Crippen LogP contribution in [0.2, 0.25) is 0 Å². The molecule has 3 heterocycles. The van der Waals surface area contributed by atoms with Crippen LogP contribution in [0.3, 0.4) is 0 Å². The molecule has 0 N–H and O–H groups in total. The Labute approximate surface area is 142 Å². The summed E-state index contributed by atoms with van der Waals surface area (Å²) in [5.41, 5.74) is -1.01. The van der Waals surface area contributed by atoms with Crippen molar-refractivity contribution in [3.8, 4) is 5.88 Å². The maximum Gasteiger partial charge on any atom is 0.433 e. The molecule has 2 aromatic rings. The second-order valence-corrected chi connectivity index (χ2v) is 5.53. The van der Waals surface area contributed by atoms with Crippen LogP contribution in [0.15, 0.2) is 18.3 Å². The predicted molar refractivity (Wildman–Crippen MR) is 84.8 cm³/mol. The first kappa shape index (κ1) is 17.2. The number of halogens is 3. The Morgan fingerprint density at radius 2 is 1.72 bits per heavy atom. The van der Waals surface area contributed by atoms with Crippen molar-refractivity contribution in [3.63, 3.8) is 0 Å². The van der Waals surface area contributed by atoms with Gasteiger partial charge in [0.2, 0.25) is 11.8 Å². The molecule has 0 unspecified atom stereocenters. The summed E-state index contributed by atoms with van der Waals surface area (Å²) in [5.74, 6) is 1.39. The zero-order chi connectivity index (χ0) is 18.0. The smallest absolute Gasteiger partial charge is 0.433 e. The first-order valence-electron chi connectivity index (χ1n) is 7.66. The molecule has 0 saturated carbocycles. The monoisotopic (exact) mass is 354 g/mol. The van der Waals surface area contributed by atoms with Gasteiger partial charge >= 0.3 is 6.18 Å². The van der Waals surface area contributed by atoms with Gasteiger partial charge in [-0.3, -0.25) is 0 Å². The summed E-state index contributed by atoms with van der Waals surface area (Å²) in [6, 6.07) is 2.61. The molecule has 7 nitrogen and oxygen atoms in total. The molecule has 0 bridgehead atoms. The SMILES string of the molecule is COc1cc(C(F)(F)F)nc(N2CCN(c3ccnc(C)n3)CC2)n1. The largest absolute Gasteiger partial charge is 0.481 e. The molecule has 0 spiro atoms. The zero-order valence-electron chi connectivity index (χ0n) is 13.8. The molecule has 0 aromatic carbocycles. The van der Waals surface area contributed by atoms with E-state index in [0.29, 0.717) is 32.0 Å². The summed E-state index contributed by atoms with van der Waals surface area (Å²) >= 11 is 0. The number of rotatable bonds is 3. The van der Waals surface area contributed by atoms with Gasteiger partial charge in [0.05, 0.1) is 7.11 Å². The van der Waals surface area contributed by atoms with E-state index in [1.807, 2.05) is 13.0 Å². The molecule has 10 heteroatoms. The number of nitrogens with zero attached hydrogens (tertiary/aromatic N) is 6. The molecule has 134 valence electrons. The van der Waals surface area contributed by atoms with Gasteiger partial charge in [-0.2, -0.15) is 18.2 Å². The Hall–Kier alpha value is -2.65. The number of ether oxygens (including phenoxy) is 1. The summed E-state index contributed by atoms with van der Waals surface area (Å²) in [7, 11) is 1.28. The Morgan fingerprint density at radius 3 is 2.32 bits per heavy atom. The van der Waals surface area contributed by atoms with E-state index in [4.69, 9.17) is 4.74 Å². The minimum atomic E-state index is -4.55. The van der Waals surface area contributed by atoms with Crippen molar-refractivity contribution < 1.29 is 17.9 Å². The first-order chi connectivity index (χ1) is 11.9. The highest BCUT2D eigenvalue weighted by atomic mass is 19.4. The number of hydrogen-bond donors (Lipinski definition) is 0. The molecule has 1 aliphatic rings. The van der Waals surface area contributed by atoms with E-state index < -0.39 is 11.9 Å². The molecule has 3 rings (SSSR count). The highest BCUT2D eigenvalue weighted by molar-refractivity contribution is 5.43.